The Morgan fingerprint density at radius 2 is 1.81 bits per heavy atom. The van der Waals surface area contributed by atoms with Crippen molar-refractivity contribution in [3.05, 3.63) is 0 Å². The van der Waals surface area contributed by atoms with Crippen LogP contribution in [0, 0.1) is 5.92 Å². The highest BCUT2D eigenvalue weighted by Crippen LogP contribution is 2.18. The SMILES string of the molecule is CC(C)(CNC(=O)C(N)C1CCOCC1)N1CCOCC1. The van der Waals surface area contributed by atoms with Gasteiger partial charge in [-0.05, 0) is 32.6 Å². The van der Waals surface area contributed by atoms with Crippen LogP contribution in [-0.4, -0.2) is 68.4 Å². The number of nitrogens with one attached hydrogen (secondary N) is 1. The number of nitrogens with zero attached hydrogens (tertiary/aromatic N) is 1. The van der Waals surface area contributed by atoms with Gasteiger partial charge in [-0.1, -0.05) is 0 Å². The van der Waals surface area contributed by atoms with Crippen LogP contribution in [0.2, 0.25) is 0 Å². The maximum Gasteiger partial charge on any atom is 0.237 e. The highest BCUT2D eigenvalue weighted by molar-refractivity contribution is 5.81. The lowest BCUT2D eigenvalue weighted by Gasteiger charge is -2.41. The third-order valence-corrected chi connectivity index (χ3v) is 4.64. The molecule has 21 heavy (non-hydrogen) atoms. The average molecular weight is 299 g/mol. The van der Waals surface area contributed by atoms with Crippen LogP contribution in [0.5, 0.6) is 0 Å². The summed E-state index contributed by atoms with van der Waals surface area (Å²) in [5, 5.41) is 3.03. The fraction of sp³-hybridized carbons (Fsp3) is 0.933. The van der Waals surface area contributed by atoms with Gasteiger partial charge in [-0.25, -0.2) is 0 Å². The van der Waals surface area contributed by atoms with Gasteiger partial charge in [-0.15, -0.1) is 0 Å². The molecule has 6 nitrogen and oxygen atoms in total. The first kappa shape index (κ1) is 16.7. The molecule has 0 spiro atoms. The molecule has 0 aliphatic carbocycles. The Morgan fingerprint density at radius 1 is 1.24 bits per heavy atom. The van der Waals surface area contributed by atoms with E-state index in [1.54, 1.807) is 0 Å². The molecule has 0 aromatic carbocycles. The lowest BCUT2D eigenvalue weighted by atomic mass is 9.91. The topological polar surface area (TPSA) is 76.8 Å². The molecule has 0 saturated carbocycles. The summed E-state index contributed by atoms with van der Waals surface area (Å²) >= 11 is 0. The van der Waals surface area contributed by atoms with Gasteiger partial charge >= 0.3 is 0 Å². The predicted octanol–water partition coefficient (Wildman–Crippen LogP) is -0.0327. The predicted molar refractivity (Wildman–Crippen MR) is 81.0 cm³/mol. The standard InChI is InChI=1S/C15H29N3O3/c1-15(2,18-5-9-21-10-6-18)11-17-14(19)13(16)12-3-7-20-8-4-12/h12-13H,3-11,16H2,1-2H3,(H,17,19). The molecule has 2 heterocycles. The van der Waals surface area contributed by atoms with Crippen LogP contribution in [0.15, 0.2) is 0 Å². The smallest absolute Gasteiger partial charge is 0.237 e. The summed E-state index contributed by atoms with van der Waals surface area (Å²) in [6, 6.07) is -0.422. The van der Waals surface area contributed by atoms with E-state index in [1.165, 1.54) is 0 Å². The van der Waals surface area contributed by atoms with Crippen molar-refractivity contribution in [2.75, 3.05) is 46.1 Å². The Kier molecular flexibility index (Phi) is 5.98. The van der Waals surface area contributed by atoms with E-state index in [-0.39, 0.29) is 17.4 Å². The maximum absolute atomic E-state index is 12.3. The Hall–Kier alpha value is -0.690. The summed E-state index contributed by atoms with van der Waals surface area (Å²) in [4.78, 5) is 14.6. The first-order chi connectivity index (χ1) is 10.0. The summed E-state index contributed by atoms with van der Waals surface area (Å²) < 4.78 is 10.7. The highest BCUT2D eigenvalue weighted by atomic mass is 16.5. The molecule has 2 fully saturated rings. The van der Waals surface area contributed by atoms with Gasteiger partial charge in [-0.3, -0.25) is 9.69 Å². The van der Waals surface area contributed by atoms with E-state index in [2.05, 4.69) is 24.1 Å². The number of ether oxygens (including phenoxy) is 2. The molecule has 2 aliphatic rings. The third kappa shape index (κ3) is 4.64. The van der Waals surface area contributed by atoms with Gasteiger partial charge in [0.1, 0.15) is 0 Å². The first-order valence-corrected chi connectivity index (χ1v) is 7.94. The summed E-state index contributed by atoms with van der Waals surface area (Å²) in [7, 11) is 0. The van der Waals surface area contributed by atoms with Crippen LogP contribution in [-0.2, 0) is 14.3 Å². The summed E-state index contributed by atoms with van der Waals surface area (Å²) in [5.74, 6) is 0.202. The second-order valence-electron chi connectivity index (χ2n) is 6.61. The molecule has 0 bridgehead atoms. The molecular formula is C15H29N3O3. The average Bonchev–Trinajstić information content (AvgIpc) is 2.53. The summed E-state index contributed by atoms with van der Waals surface area (Å²) in [6.45, 7) is 9.69. The largest absolute Gasteiger partial charge is 0.381 e. The van der Waals surface area contributed by atoms with Gasteiger partial charge < -0.3 is 20.5 Å². The second-order valence-corrected chi connectivity index (χ2v) is 6.61. The zero-order valence-corrected chi connectivity index (χ0v) is 13.3. The van der Waals surface area contributed by atoms with Crippen LogP contribution in [0.25, 0.3) is 0 Å². The quantitative estimate of drug-likeness (QED) is 0.745. The number of carbonyl (C=O) groups excluding carboxylic acids is 1. The fourth-order valence-corrected chi connectivity index (χ4v) is 2.99. The van der Waals surface area contributed by atoms with Gasteiger partial charge in [-0.2, -0.15) is 0 Å². The molecule has 6 heteroatoms. The highest BCUT2D eigenvalue weighted by Gasteiger charge is 2.31. The van der Waals surface area contributed by atoms with Gasteiger partial charge in [0.2, 0.25) is 5.91 Å². The number of amides is 1. The number of rotatable bonds is 5. The van der Waals surface area contributed by atoms with E-state index in [4.69, 9.17) is 15.2 Å². The third-order valence-electron chi connectivity index (χ3n) is 4.64. The minimum atomic E-state index is -0.422. The van der Waals surface area contributed by atoms with Crippen molar-refractivity contribution in [2.24, 2.45) is 11.7 Å². The lowest BCUT2D eigenvalue weighted by Crippen LogP contribution is -2.57. The Bertz CT molecular complexity index is 337. The maximum atomic E-state index is 12.3. The van der Waals surface area contributed by atoms with Crippen molar-refractivity contribution >= 4 is 5.91 Å². The van der Waals surface area contributed by atoms with Gasteiger partial charge in [0.15, 0.2) is 0 Å². The Labute approximate surface area is 127 Å². The Morgan fingerprint density at radius 3 is 2.43 bits per heavy atom. The molecule has 0 aromatic rings. The number of morpholine rings is 1. The van der Waals surface area contributed by atoms with Gasteiger partial charge in [0, 0.05) is 38.4 Å². The lowest BCUT2D eigenvalue weighted by molar-refractivity contribution is -0.125. The second kappa shape index (κ2) is 7.54. The van der Waals surface area contributed by atoms with E-state index in [0.717, 1.165) is 39.1 Å². The molecule has 2 aliphatic heterocycles. The number of nitrogens with two attached hydrogens (primary N) is 1. The van der Waals surface area contributed by atoms with Crippen LogP contribution in [0.4, 0.5) is 0 Å². The number of hydrogen-bond acceptors (Lipinski definition) is 5. The molecule has 1 amide bonds. The normalized spacial score (nSPS) is 23.8. The molecule has 2 saturated heterocycles. The first-order valence-electron chi connectivity index (χ1n) is 7.94. The van der Waals surface area contributed by atoms with Crippen molar-refractivity contribution in [3.63, 3.8) is 0 Å². The van der Waals surface area contributed by atoms with E-state index in [0.29, 0.717) is 19.8 Å². The molecular weight excluding hydrogens is 270 g/mol. The number of carbonyl (C=O) groups is 1. The molecule has 3 N–H and O–H groups in total. The zero-order valence-electron chi connectivity index (χ0n) is 13.3. The molecule has 122 valence electrons. The monoisotopic (exact) mass is 299 g/mol. The van der Waals surface area contributed by atoms with Crippen molar-refractivity contribution < 1.29 is 14.3 Å². The van der Waals surface area contributed by atoms with E-state index in [1.807, 2.05) is 0 Å². The minimum Gasteiger partial charge on any atom is -0.381 e. The number of hydrogen-bond donors (Lipinski definition) is 2. The van der Waals surface area contributed by atoms with Crippen molar-refractivity contribution in [1.82, 2.24) is 10.2 Å². The van der Waals surface area contributed by atoms with E-state index >= 15 is 0 Å². The minimum absolute atomic E-state index is 0.0387. The zero-order chi connectivity index (χ0) is 15.3. The molecule has 2 rings (SSSR count). The molecule has 1 unspecified atom stereocenters. The van der Waals surface area contributed by atoms with Crippen molar-refractivity contribution in [1.29, 1.82) is 0 Å². The van der Waals surface area contributed by atoms with Gasteiger partial charge in [0.05, 0.1) is 19.3 Å². The van der Waals surface area contributed by atoms with E-state index < -0.39 is 6.04 Å². The summed E-state index contributed by atoms with van der Waals surface area (Å²) in [6.07, 6.45) is 1.75. The van der Waals surface area contributed by atoms with Crippen LogP contribution in [0.3, 0.4) is 0 Å². The van der Waals surface area contributed by atoms with E-state index in [9.17, 15) is 4.79 Å². The molecule has 1 atom stereocenters. The van der Waals surface area contributed by atoms with Crippen molar-refractivity contribution in [3.8, 4) is 0 Å². The summed E-state index contributed by atoms with van der Waals surface area (Å²) in [5.41, 5.74) is 6.02. The van der Waals surface area contributed by atoms with Crippen molar-refractivity contribution in [2.45, 2.75) is 38.3 Å². The van der Waals surface area contributed by atoms with Gasteiger partial charge in [0.25, 0.3) is 0 Å². The van der Waals surface area contributed by atoms with Crippen LogP contribution >= 0.6 is 0 Å². The van der Waals surface area contributed by atoms with Crippen LogP contribution in [0.1, 0.15) is 26.7 Å². The van der Waals surface area contributed by atoms with Crippen LogP contribution < -0.4 is 11.1 Å². The molecule has 0 aromatic heterocycles. The Balaban J connectivity index is 1.78. The fourth-order valence-electron chi connectivity index (χ4n) is 2.99. The molecule has 0 radical (unpaired) electrons.